The van der Waals surface area contributed by atoms with Gasteiger partial charge in [0.1, 0.15) is 24.6 Å². The summed E-state index contributed by atoms with van der Waals surface area (Å²) < 4.78 is 35.5. The quantitative estimate of drug-likeness (QED) is 0.225. The van der Waals surface area contributed by atoms with Gasteiger partial charge in [-0.05, 0) is 30.2 Å². The predicted octanol–water partition coefficient (Wildman–Crippen LogP) is 2.01. The van der Waals surface area contributed by atoms with Crippen LogP contribution in [-0.2, 0) is 23.3 Å². The molecule has 2 fully saturated rings. The van der Waals surface area contributed by atoms with Crippen LogP contribution in [-0.4, -0.2) is 61.7 Å². The Morgan fingerprint density at radius 2 is 1.76 bits per heavy atom. The normalized spacial score (nSPS) is 24.7. The topological polar surface area (TPSA) is 182 Å². The van der Waals surface area contributed by atoms with Gasteiger partial charge >= 0.3 is 6.03 Å². The zero-order valence-electron chi connectivity index (χ0n) is 21.1. The molecule has 2 amide bonds. The van der Waals surface area contributed by atoms with Crippen molar-refractivity contribution in [2.45, 2.75) is 30.8 Å². The molecule has 210 valence electrons. The van der Waals surface area contributed by atoms with Gasteiger partial charge in [-0.2, -0.15) is 0 Å². The third-order valence-electron chi connectivity index (χ3n) is 6.25. The summed E-state index contributed by atoms with van der Waals surface area (Å²) in [6, 6.07) is 17.6. The minimum absolute atomic E-state index is 0.152. The second-order valence-corrected chi connectivity index (χ2v) is 10.2. The fourth-order valence-corrected chi connectivity index (χ4v) is 4.85. The zero-order valence-corrected chi connectivity index (χ0v) is 22.0. The maximum Gasteiger partial charge on any atom is 0.324 e. The number of nitrogens with one attached hydrogen (secondary N) is 2. The molecule has 3 unspecified atom stereocenters. The van der Waals surface area contributed by atoms with E-state index in [1.165, 1.54) is 12.7 Å². The van der Waals surface area contributed by atoms with Crippen molar-refractivity contribution in [3.63, 3.8) is 0 Å². The van der Waals surface area contributed by atoms with Crippen molar-refractivity contribution in [3.05, 3.63) is 78.9 Å². The van der Waals surface area contributed by atoms with Crippen LogP contribution in [0.5, 0.6) is 0 Å². The summed E-state index contributed by atoms with van der Waals surface area (Å²) in [7, 11) is -5.03. The van der Waals surface area contributed by atoms with Crippen LogP contribution in [0.15, 0.2) is 73.3 Å². The number of phosphoric acid groups is 1. The number of fused-ring (bicyclic) bond motifs is 2. The lowest BCUT2D eigenvalue weighted by atomic mass is 10.1. The first-order chi connectivity index (χ1) is 19.8. The smallest absolute Gasteiger partial charge is 0.324 e. The molecule has 4 heterocycles. The molecule has 4 aromatic rings. The monoisotopic (exact) mass is 577 g/mol. The summed E-state index contributed by atoms with van der Waals surface area (Å²) in [5.41, 5.74) is 1.92. The number of urea groups is 1. The zero-order chi connectivity index (χ0) is 28.4. The Bertz CT molecular complexity index is 1650. The van der Waals surface area contributed by atoms with Gasteiger partial charge in [-0.3, -0.25) is 14.4 Å². The molecule has 6 atom stereocenters. The van der Waals surface area contributed by atoms with Crippen molar-refractivity contribution < 1.29 is 37.9 Å². The number of amides is 2. The lowest BCUT2D eigenvalue weighted by molar-refractivity contribution is -0.223. The van der Waals surface area contributed by atoms with Crippen LogP contribution in [0, 0.1) is 11.8 Å². The molecule has 0 saturated carbocycles. The summed E-state index contributed by atoms with van der Waals surface area (Å²) in [6.07, 6.45) is -1.67. The summed E-state index contributed by atoms with van der Waals surface area (Å²) in [4.78, 5) is 45.8. The number of hydrogen-bond donors (Lipinski definition) is 3. The Morgan fingerprint density at radius 3 is 2.51 bits per heavy atom. The molecule has 0 aliphatic carbocycles. The Morgan fingerprint density at radius 1 is 1.02 bits per heavy atom. The first kappa shape index (κ1) is 27.0. The summed E-state index contributed by atoms with van der Waals surface area (Å²) in [5.74, 6) is 6.04. The molecule has 41 heavy (non-hydrogen) atoms. The molecule has 2 aliphatic heterocycles. The maximum absolute atomic E-state index is 12.6. The average Bonchev–Trinajstić information content (AvgIpc) is 3.66. The third-order valence-corrected chi connectivity index (χ3v) is 6.73. The van der Waals surface area contributed by atoms with Gasteiger partial charge in [0.25, 0.3) is 7.82 Å². The van der Waals surface area contributed by atoms with Crippen LogP contribution in [0.25, 0.3) is 11.2 Å². The first-order valence-corrected chi connectivity index (χ1v) is 13.9. The number of rotatable bonds is 6. The fourth-order valence-electron chi connectivity index (χ4n) is 4.51. The standard InChI is InChI=1S/C26H23N6O8P/c33-26(30-17-9-5-2-6-10-17)31-23-20-24(28-14-27-23)32(15-29-20)25-22-21(18(38-25)13-37-41(34,35)36)39-19(40-22)12-11-16-7-3-1-4-8-16/h1-10,14-15,18-19,21-22,25H,13H2,(H2,34,35,36)(H2,27,28,30,31,33)/p-1/t18-,19?,21?,22+,25-/m1/s1. The van der Waals surface area contributed by atoms with E-state index in [0.717, 1.165) is 5.56 Å². The number of carbonyl (C=O) groups excluding carboxylic acids is 1. The van der Waals surface area contributed by atoms with Crippen LogP contribution < -0.4 is 15.5 Å². The van der Waals surface area contributed by atoms with Gasteiger partial charge in [0, 0.05) is 11.3 Å². The molecule has 14 nitrogen and oxygen atoms in total. The van der Waals surface area contributed by atoms with Crippen molar-refractivity contribution in [2.24, 2.45) is 0 Å². The third kappa shape index (κ3) is 6.12. The number of benzene rings is 2. The number of nitrogens with zero attached hydrogens (tertiary/aromatic N) is 4. The number of anilines is 2. The highest BCUT2D eigenvalue weighted by molar-refractivity contribution is 7.44. The molecule has 6 rings (SSSR count). The second-order valence-electron chi connectivity index (χ2n) is 8.99. The number of aromatic nitrogens is 4. The molecule has 0 spiro atoms. The predicted molar refractivity (Wildman–Crippen MR) is 141 cm³/mol. The van der Waals surface area contributed by atoms with Gasteiger partial charge in [0.15, 0.2) is 23.2 Å². The van der Waals surface area contributed by atoms with Crippen molar-refractivity contribution in [2.75, 3.05) is 17.2 Å². The minimum Gasteiger partial charge on any atom is -0.756 e. The Balaban J connectivity index is 1.25. The molecule has 0 radical (unpaired) electrons. The van der Waals surface area contributed by atoms with E-state index in [4.69, 9.17) is 19.1 Å². The van der Waals surface area contributed by atoms with Gasteiger partial charge in [-0.25, -0.2) is 19.7 Å². The molecule has 2 aromatic carbocycles. The summed E-state index contributed by atoms with van der Waals surface area (Å²) >= 11 is 0. The van der Waals surface area contributed by atoms with Crippen LogP contribution in [0.2, 0.25) is 0 Å². The van der Waals surface area contributed by atoms with Crippen LogP contribution >= 0.6 is 7.82 Å². The molecule has 2 aromatic heterocycles. The highest BCUT2D eigenvalue weighted by Gasteiger charge is 2.54. The molecule has 0 bridgehead atoms. The number of imidazole rings is 1. The van der Waals surface area contributed by atoms with E-state index >= 15 is 0 Å². The lowest BCUT2D eigenvalue weighted by Gasteiger charge is -2.22. The second kappa shape index (κ2) is 11.4. The largest absolute Gasteiger partial charge is 0.756 e. The molecule has 15 heteroatoms. The van der Waals surface area contributed by atoms with Gasteiger partial charge in [0.05, 0.1) is 12.9 Å². The maximum atomic E-state index is 12.6. The van der Waals surface area contributed by atoms with E-state index < -0.39 is 51.3 Å². The summed E-state index contributed by atoms with van der Waals surface area (Å²) in [5, 5.41) is 5.37. The lowest BCUT2D eigenvalue weighted by Crippen LogP contribution is -2.32. The number of phosphoric ester groups is 1. The Kier molecular flexibility index (Phi) is 7.48. The van der Waals surface area contributed by atoms with Crippen LogP contribution in [0.3, 0.4) is 0 Å². The van der Waals surface area contributed by atoms with Crippen molar-refractivity contribution in [3.8, 4) is 11.8 Å². The van der Waals surface area contributed by atoms with E-state index in [0.29, 0.717) is 11.3 Å². The number of ether oxygens (including phenoxy) is 3. The van der Waals surface area contributed by atoms with Crippen molar-refractivity contribution in [1.82, 2.24) is 19.5 Å². The fraction of sp³-hybridized carbons (Fsp3) is 0.231. The van der Waals surface area contributed by atoms with E-state index in [1.807, 2.05) is 36.4 Å². The molecule has 2 aliphatic rings. The number of hydrogen-bond acceptors (Lipinski definition) is 10. The number of carbonyl (C=O) groups is 1. The van der Waals surface area contributed by atoms with E-state index in [2.05, 4.69) is 42.0 Å². The highest BCUT2D eigenvalue weighted by Crippen LogP contribution is 2.42. The first-order valence-electron chi connectivity index (χ1n) is 12.4. The SMILES string of the molecule is O=C(Nc1ccccc1)Nc1ncnc2c1ncn2[C@@H]1O[C@H](COP(=O)([O-])O)C2OC(C#Cc3ccccc3)O[C@@H]21. The minimum atomic E-state index is -5.03. The molecule has 3 N–H and O–H groups in total. The van der Waals surface area contributed by atoms with Gasteiger partial charge in [-0.15, -0.1) is 0 Å². The average molecular weight is 577 g/mol. The van der Waals surface area contributed by atoms with Gasteiger partial charge in [-0.1, -0.05) is 42.3 Å². The van der Waals surface area contributed by atoms with E-state index in [-0.39, 0.29) is 11.3 Å². The Labute approximate surface area is 232 Å². The molecule has 2 saturated heterocycles. The van der Waals surface area contributed by atoms with Crippen LogP contribution in [0.1, 0.15) is 11.8 Å². The van der Waals surface area contributed by atoms with E-state index in [1.54, 1.807) is 28.8 Å². The Hall–Kier alpha value is -4.19. The molecular formula is C26H22N6O8P-. The highest BCUT2D eigenvalue weighted by atomic mass is 31.2. The summed E-state index contributed by atoms with van der Waals surface area (Å²) in [6.45, 7) is -0.523. The molecular weight excluding hydrogens is 555 g/mol. The van der Waals surface area contributed by atoms with Crippen molar-refractivity contribution >= 4 is 36.5 Å². The van der Waals surface area contributed by atoms with Gasteiger partial charge < -0.3 is 33.8 Å². The van der Waals surface area contributed by atoms with E-state index in [9.17, 15) is 14.3 Å². The van der Waals surface area contributed by atoms with Crippen molar-refractivity contribution in [1.29, 1.82) is 0 Å². The van der Waals surface area contributed by atoms with Crippen LogP contribution in [0.4, 0.5) is 16.3 Å². The van der Waals surface area contributed by atoms with Gasteiger partial charge in [0.2, 0.25) is 6.29 Å². The number of para-hydroxylation sites is 1.